The molecule has 0 unspecified atom stereocenters. The van der Waals surface area contributed by atoms with Crippen LogP contribution in [0.1, 0.15) is 32.8 Å². The van der Waals surface area contributed by atoms with Crippen LogP contribution in [0.5, 0.6) is 0 Å². The van der Waals surface area contributed by atoms with Gasteiger partial charge in [0.15, 0.2) is 0 Å². The van der Waals surface area contributed by atoms with Crippen LogP contribution in [0.15, 0.2) is 35.6 Å². The fraction of sp³-hybridized carbons (Fsp3) is 0.389. The minimum Gasteiger partial charge on any atom is -0.511 e. The number of hydrogen-bond acceptors (Lipinski definition) is 5. The summed E-state index contributed by atoms with van der Waals surface area (Å²) in [6.45, 7) is 4.72. The van der Waals surface area contributed by atoms with E-state index in [0.717, 1.165) is 17.0 Å². The number of aliphatic hydroxyl groups is 1. The predicted molar refractivity (Wildman–Crippen MR) is 99.9 cm³/mol. The number of ether oxygens (including phenoxy) is 1. The SMILES string of the molecule is CC(C)(C)OC(=O)N1CCC(O)=C(C(=S)Nc2ccccc2C(F)(F)F)C1=O. The number of rotatable bonds is 2. The molecule has 0 saturated carbocycles. The molecule has 0 fully saturated rings. The molecule has 6 nitrogen and oxygen atoms in total. The molecule has 0 spiro atoms. The van der Waals surface area contributed by atoms with E-state index < -0.39 is 45.7 Å². The number of benzene rings is 1. The second-order valence-electron chi connectivity index (χ2n) is 7.01. The first kappa shape index (κ1) is 21.7. The van der Waals surface area contributed by atoms with Crippen molar-refractivity contribution in [1.82, 2.24) is 4.90 Å². The highest BCUT2D eigenvalue weighted by atomic mass is 32.1. The molecule has 28 heavy (non-hydrogen) atoms. The third kappa shape index (κ3) is 5.00. The van der Waals surface area contributed by atoms with Crippen LogP contribution in [0.2, 0.25) is 0 Å². The number of carbonyl (C=O) groups is 2. The van der Waals surface area contributed by atoms with Gasteiger partial charge in [0.25, 0.3) is 5.91 Å². The van der Waals surface area contributed by atoms with Crippen molar-refractivity contribution >= 4 is 34.9 Å². The van der Waals surface area contributed by atoms with E-state index in [1.54, 1.807) is 20.8 Å². The van der Waals surface area contributed by atoms with Gasteiger partial charge in [0.05, 0.1) is 11.3 Å². The van der Waals surface area contributed by atoms with Crippen LogP contribution in [0.3, 0.4) is 0 Å². The van der Waals surface area contributed by atoms with Crippen molar-refractivity contribution in [2.24, 2.45) is 0 Å². The van der Waals surface area contributed by atoms with E-state index >= 15 is 0 Å². The molecule has 0 bridgehead atoms. The van der Waals surface area contributed by atoms with Gasteiger partial charge in [-0.1, -0.05) is 24.4 Å². The minimum absolute atomic E-state index is 0.0942. The van der Waals surface area contributed by atoms with Gasteiger partial charge in [-0.15, -0.1) is 0 Å². The lowest BCUT2D eigenvalue weighted by molar-refractivity contribution is -0.137. The van der Waals surface area contributed by atoms with Crippen LogP contribution >= 0.6 is 12.2 Å². The zero-order valence-corrected chi connectivity index (χ0v) is 16.2. The highest BCUT2D eigenvalue weighted by molar-refractivity contribution is 7.81. The smallest absolute Gasteiger partial charge is 0.418 e. The van der Waals surface area contributed by atoms with Gasteiger partial charge in [0.1, 0.15) is 21.9 Å². The van der Waals surface area contributed by atoms with Crippen molar-refractivity contribution in [2.45, 2.75) is 39.0 Å². The number of amides is 2. The van der Waals surface area contributed by atoms with Crippen molar-refractivity contribution in [3.63, 3.8) is 0 Å². The fourth-order valence-electron chi connectivity index (χ4n) is 2.45. The maximum Gasteiger partial charge on any atom is 0.418 e. The number of thiocarbonyl (C=S) groups is 1. The molecule has 10 heteroatoms. The van der Waals surface area contributed by atoms with Gasteiger partial charge in [-0.3, -0.25) is 4.79 Å². The number of alkyl halides is 3. The van der Waals surface area contributed by atoms with E-state index in [9.17, 15) is 27.9 Å². The lowest BCUT2D eigenvalue weighted by Crippen LogP contribution is -2.46. The first-order chi connectivity index (χ1) is 12.8. The van der Waals surface area contributed by atoms with Gasteiger partial charge in [-0.05, 0) is 32.9 Å². The molecule has 1 aromatic rings. The highest BCUT2D eigenvalue weighted by Crippen LogP contribution is 2.35. The Kier molecular flexibility index (Phi) is 6.03. The topological polar surface area (TPSA) is 78.9 Å². The number of hydrogen-bond donors (Lipinski definition) is 2. The summed E-state index contributed by atoms with van der Waals surface area (Å²) >= 11 is 5.05. The summed E-state index contributed by atoms with van der Waals surface area (Å²) in [5.74, 6) is -1.35. The van der Waals surface area contributed by atoms with Crippen LogP contribution in [0.25, 0.3) is 0 Å². The van der Waals surface area contributed by atoms with Gasteiger partial charge < -0.3 is 15.2 Å². The van der Waals surface area contributed by atoms with Gasteiger partial charge in [-0.25, -0.2) is 9.69 Å². The maximum atomic E-state index is 13.1. The summed E-state index contributed by atoms with van der Waals surface area (Å²) in [5.41, 5.74) is -2.65. The Morgan fingerprint density at radius 3 is 2.43 bits per heavy atom. The van der Waals surface area contributed by atoms with E-state index in [1.807, 2.05) is 0 Å². The Bertz CT molecular complexity index is 844. The van der Waals surface area contributed by atoms with E-state index in [-0.39, 0.29) is 18.7 Å². The Hall–Kier alpha value is -2.62. The first-order valence-corrected chi connectivity index (χ1v) is 8.66. The van der Waals surface area contributed by atoms with Crippen LogP contribution in [-0.4, -0.2) is 39.1 Å². The molecule has 1 heterocycles. The molecule has 2 amide bonds. The number of imide groups is 1. The van der Waals surface area contributed by atoms with Crippen LogP contribution in [-0.2, 0) is 15.7 Å². The first-order valence-electron chi connectivity index (χ1n) is 8.26. The number of para-hydroxylation sites is 1. The summed E-state index contributed by atoms with van der Waals surface area (Å²) in [4.78, 5) is 25.2. The third-order valence-electron chi connectivity index (χ3n) is 3.64. The van der Waals surface area contributed by atoms with E-state index in [2.05, 4.69) is 5.32 Å². The number of aliphatic hydroxyl groups excluding tert-OH is 1. The number of nitrogens with one attached hydrogen (secondary N) is 1. The summed E-state index contributed by atoms with van der Waals surface area (Å²) in [6.07, 6.45) is -5.67. The largest absolute Gasteiger partial charge is 0.511 e. The fourth-order valence-corrected chi connectivity index (χ4v) is 2.76. The average Bonchev–Trinajstić information content (AvgIpc) is 2.52. The van der Waals surface area contributed by atoms with Crippen LogP contribution < -0.4 is 5.32 Å². The van der Waals surface area contributed by atoms with Gasteiger partial charge in [-0.2, -0.15) is 13.2 Å². The normalized spacial score (nSPS) is 15.5. The predicted octanol–water partition coefficient (Wildman–Crippen LogP) is 4.42. The quantitative estimate of drug-likeness (QED) is 0.695. The highest BCUT2D eigenvalue weighted by Gasteiger charge is 2.37. The summed E-state index contributed by atoms with van der Waals surface area (Å²) in [5, 5.41) is 12.4. The van der Waals surface area contributed by atoms with Gasteiger partial charge >= 0.3 is 12.3 Å². The second kappa shape index (κ2) is 7.78. The lowest BCUT2D eigenvalue weighted by Gasteiger charge is -2.30. The molecule has 2 rings (SSSR count). The van der Waals surface area contributed by atoms with E-state index in [1.165, 1.54) is 12.1 Å². The molecule has 2 N–H and O–H groups in total. The lowest BCUT2D eigenvalue weighted by atomic mass is 10.1. The standard InChI is InChI=1S/C18H19F3N2O4S/c1-17(2,3)27-16(26)23-9-8-12(24)13(15(23)25)14(28)22-11-7-5-4-6-10(11)18(19,20)21/h4-7,24H,8-9H2,1-3H3,(H,22,28). The van der Waals surface area contributed by atoms with Crippen molar-refractivity contribution in [3.8, 4) is 0 Å². The second-order valence-corrected chi connectivity index (χ2v) is 7.41. The van der Waals surface area contributed by atoms with E-state index in [4.69, 9.17) is 17.0 Å². The van der Waals surface area contributed by atoms with Crippen molar-refractivity contribution in [3.05, 3.63) is 41.2 Å². The van der Waals surface area contributed by atoms with Gasteiger partial charge in [0, 0.05) is 13.0 Å². The molecule has 1 aliphatic rings. The molecule has 0 atom stereocenters. The molecule has 152 valence electrons. The Morgan fingerprint density at radius 2 is 1.86 bits per heavy atom. The van der Waals surface area contributed by atoms with Crippen LogP contribution in [0, 0.1) is 0 Å². The number of nitrogens with zero attached hydrogens (tertiary/aromatic N) is 1. The summed E-state index contributed by atoms with van der Waals surface area (Å²) in [6, 6.07) is 4.58. The maximum absolute atomic E-state index is 13.1. The molecule has 1 aromatic carbocycles. The monoisotopic (exact) mass is 416 g/mol. The Balaban J connectivity index is 2.28. The molecular formula is C18H19F3N2O4S. The number of halogens is 3. The average molecular weight is 416 g/mol. The van der Waals surface area contributed by atoms with Crippen molar-refractivity contribution in [1.29, 1.82) is 0 Å². The molecule has 1 aliphatic heterocycles. The minimum atomic E-state index is -4.64. The molecule has 0 radical (unpaired) electrons. The summed E-state index contributed by atoms with van der Waals surface area (Å²) < 4.78 is 44.6. The van der Waals surface area contributed by atoms with E-state index in [0.29, 0.717) is 0 Å². The summed E-state index contributed by atoms with van der Waals surface area (Å²) in [7, 11) is 0. The van der Waals surface area contributed by atoms with Crippen LogP contribution in [0.4, 0.5) is 23.7 Å². The molecule has 0 aliphatic carbocycles. The van der Waals surface area contributed by atoms with Crippen molar-refractivity contribution < 1.29 is 32.6 Å². The zero-order valence-electron chi connectivity index (χ0n) is 15.4. The van der Waals surface area contributed by atoms with Crippen molar-refractivity contribution in [2.75, 3.05) is 11.9 Å². The molecule has 0 saturated heterocycles. The zero-order chi connectivity index (χ0) is 21.3. The third-order valence-corrected chi connectivity index (χ3v) is 3.95. The number of anilines is 1. The van der Waals surface area contributed by atoms with Gasteiger partial charge in [0.2, 0.25) is 0 Å². The molecular weight excluding hydrogens is 397 g/mol. The molecule has 0 aromatic heterocycles. The number of carbonyl (C=O) groups excluding carboxylic acids is 2. The Labute approximate surface area is 165 Å². The Morgan fingerprint density at radius 1 is 1.25 bits per heavy atom.